The van der Waals surface area contributed by atoms with Crippen LogP contribution in [0.5, 0.6) is 0 Å². The summed E-state index contributed by atoms with van der Waals surface area (Å²) in [6.07, 6.45) is 4.68. The highest BCUT2D eigenvalue weighted by Crippen LogP contribution is 2.10. The van der Waals surface area contributed by atoms with E-state index < -0.39 is 0 Å². The van der Waals surface area contributed by atoms with Crippen LogP contribution in [0, 0.1) is 0 Å². The van der Waals surface area contributed by atoms with Crippen LogP contribution in [0.1, 0.15) is 25.7 Å². The predicted octanol–water partition coefficient (Wildman–Crippen LogP) is 0.837. The minimum Gasteiger partial charge on any atom is -0.392 e. The maximum atomic E-state index is 5.59. The quantitative estimate of drug-likeness (QED) is 0.688. The molecule has 1 N–H and O–H groups in total. The van der Waals surface area contributed by atoms with E-state index in [1.165, 1.54) is 5.71 Å². The Morgan fingerprint density at radius 3 is 2.60 bits per heavy atom. The van der Waals surface area contributed by atoms with Crippen LogP contribution in [-0.2, 0) is 4.84 Å². The number of rotatable bonds is 2. The van der Waals surface area contributed by atoms with Crippen molar-refractivity contribution in [1.29, 1.82) is 0 Å². The number of likely N-dealkylation sites (tertiary alicyclic amines) is 1. The summed E-state index contributed by atoms with van der Waals surface area (Å²) >= 11 is 0. The number of nitrogens with one attached hydrogen (secondary N) is 1. The average molecular weight is 211 g/mol. The third kappa shape index (κ3) is 3.47. The van der Waals surface area contributed by atoms with Crippen molar-refractivity contribution in [2.45, 2.75) is 31.8 Å². The maximum absolute atomic E-state index is 5.59. The summed E-state index contributed by atoms with van der Waals surface area (Å²) in [5, 5.41) is 7.63. The lowest BCUT2D eigenvalue weighted by Gasteiger charge is -2.24. The first-order chi connectivity index (χ1) is 7.34. The van der Waals surface area contributed by atoms with E-state index in [0.717, 1.165) is 51.9 Å². The van der Waals surface area contributed by atoms with Gasteiger partial charge < -0.3 is 15.1 Å². The molecule has 0 aromatic carbocycles. The van der Waals surface area contributed by atoms with Gasteiger partial charge in [0, 0.05) is 25.9 Å². The molecule has 0 aliphatic carbocycles. The molecule has 0 radical (unpaired) electrons. The molecule has 0 saturated carbocycles. The van der Waals surface area contributed by atoms with Crippen molar-refractivity contribution in [2.75, 3.05) is 33.2 Å². The Bertz CT molecular complexity index is 214. The molecule has 0 aromatic heterocycles. The Hall–Kier alpha value is -0.610. The zero-order valence-corrected chi connectivity index (χ0v) is 9.54. The number of hydrogen-bond donors (Lipinski definition) is 1. The number of nitrogens with zero attached hydrogens (tertiary/aromatic N) is 2. The summed E-state index contributed by atoms with van der Waals surface area (Å²) in [5.74, 6) is 0. The van der Waals surface area contributed by atoms with Crippen molar-refractivity contribution in [1.82, 2.24) is 10.2 Å². The van der Waals surface area contributed by atoms with Gasteiger partial charge in [-0.1, -0.05) is 5.16 Å². The van der Waals surface area contributed by atoms with Gasteiger partial charge >= 0.3 is 0 Å². The largest absolute Gasteiger partial charge is 0.392 e. The Labute approximate surface area is 91.6 Å². The Morgan fingerprint density at radius 2 is 1.93 bits per heavy atom. The van der Waals surface area contributed by atoms with Crippen LogP contribution in [0.15, 0.2) is 5.16 Å². The Balaban J connectivity index is 1.73. The molecule has 0 spiro atoms. The topological polar surface area (TPSA) is 36.9 Å². The van der Waals surface area contributed by atoms with E-state index in [2.05, 4.69) is 22.4 Å². The summed E-state index contributed by atoms with van der Waals surface area (Å²) in [7, 11) is 2.16. The third-order valence-electron chi connectivity index (χ3n) is 3.18. The summed E-state index contributed by atoms with van der Waals surface area (Å²) in [6, 6.07) is 0. The van der Waals surface area contributed by atoms with Crippen molar-refractivity contribution < 1.29 is 4.84 Å². The number of hydrogen-bond acceptors (Lipinski definition) is 4. The highest BCUT2D eigenvalue weighted by Gasteiger charge is 2.15. The van der Waals surface area contributed by atoms with Gasteiger partial charge in [0.15, 0.2) is 0 Å². The highest BCUT2D eigenvalue weighted by atomic mass is 16.6. The normalized spacial score (nSPS) is 25.3. The molecule has 0 atom stereocenters. The second-order valence-electron chi connectivity index (χ2n) is 4.52. The number of oxime groups is 1. The summed E-state index contributed by atoms with van der Waals surface area (Å²) in [4.78, 5) is 7.92. The molecule has 4 heteroatoms. The van der Waals surface area contributed by atoms with Gasteiger partial charge in [-0.3, -0.25) is 0 Å². The van der Waals surface area contributed by atoms with Gasteiger partial charge in [-0.25, -0.2) is 0 Å². The third-order valence-corrected chi connectivity index (χ3v) is 3.18. The van der Waals surface area contributed by atoms with Gasteiger partial charge in [-0.05, 0) is 33.0 Å². The van der Waals surface area contributed by atoms with E-state index in [4.69, 9.17) is 4.84 Å². The second kappa shape index (κ2) is 5.47. The van der Waals surface area contributed by atoms with Gasteiger partial charge in [0.25, 0.3) is 0 Å². The highest BCUT2D eigenvalue weighted by molar-refractivity contribution is 5.84. The molecule has 0 amide bonds. The zero-order chi connectivity index (χ0) is 10.5. The monoisotopic (exact) mass is 211 g/mol. The maximum Gasteiger partial charge on any atom is 0.130 e. The van der Waals surface area contributed by atoms with E-state index in [1.807, 2.05) is 0 Å². The fourth-order valence-corrected chi connectivity index (χ4v) is 2.02. The van der Waals surface area contributed by atoms with Crippen molar-refractivity contribution in [3.05, 3.63) is 0 Å². The molecule has 0 unspecified atom stereocenters. The lowest BCUT2D eigenvalue weighted by Crippen LogP contribution is -2.33. The zero-order valence-electron chi connectivity index (χ0n) is 9.54. The van der Waals surface area contributed by atoms with E-state index in [0.29, 0.717) is 6.10 Å². The van der Waals surface area contributed by atoms with E-state index in [9.17, 15) is 0 Å². The van der Waals surface area contributed by atoms with Crippen LogP contribution in [0.3, 0.4) is 0 Å². The molecule has 2 saturated heterocycles. The minimum atomic E-state index is 0.346. The first-order valence-electron chi connectivity index (χ1n) is 5.95. The van der Waals surface area contributed by atoms with E-state index in [-0.39, 0.29) is 0 Å². The van der Waals surface area contributed by atoms with E-state index in [1.54, 1.807) is 0 Å². The van der Waals surface area contributed by atoms with Crippen molar-refractivity contribution >= 4 is 5.71 Å². The fourth-order valence-electron chi connectivity index (χ4n) is 2.02. The standard InChI is InChI=1S/C11H21N3O/c1-14-8-4-10(5-9-14)13-15-11-2-6-12-7-3-11/h11-12H,2-9H2,1H3. The van der Waals surface area contributed by atoms with Crippen molar-refractivity contribution in [2.24, 2.45) is 5.16 Å². The van der Waals surface area contributed by atoms with Gasteiger partial charge in [-0.15, -0.1) is 0 Å². The fraction of sp³-hybridized carbons (Fsp3) is 0.909. The van der Waals surface area contributed by atoms with Crippen molar-refractivity contribution in [3.8, 4) is 0 Å². The van der Waals surface area contributed by atoms with Crippen molar-refractivity contribution in [3.63, 3.8) is 0 Å². The molecular formula is C11H21N3O. The average Bonchev–Trinajstić information content (AvgIpc) is 2.30. The molecule has 15 heavy (non-hydrogen) atoms. The summed E-state index contributed by atoms with van der Waals surface area (Å²) in [6.45, 7) is 4.37. The molecule has 2 aliphatic heterocycles. The Kier molecular flexibility index (Phi) is 3.97. The van der Waals surface area contributed by atoms with Gasteiger partial charge in [0.05, 0.1) is 5.71 Å². The summed E-state index contributed by atoms with van der Waals surface area (Å²) < 4.78 is 0. The summed E-state index contributed by atoms with van der Waals surface area (Å²) in [5.41, 5.74) is 1.24. The van der Waals surface area contributed by atoms with E-state index >= 15 is 0 Å². The first kappa shape index (κ1) is 10.9. The molecule has 2 heterocycles. The molecule has 2 fully saturated rings. The lowest BCUT2D eigenvalue weighted by atomic mass is 10.1. The Morgan fingerprint density at radius 1 is 1.27 bits per heavy atom. The van der Waals surface area contributed by atoms with Crippen LogP contribution < -0.4 is 5.32 Å². The van der Waals surface area contributed by atoms with Crippen LogP contribution >= 0.6 is 0 Å². The molecule has 4 nitrogen and oxygen atoms in total. The minimum absolute atomic E-state index is 0.346. The van der Waals surface area contributed by atoms with Crippen LogP contribution in [-0.4, -0.2) is 49.9 Å². The second-order valence-corrected chi connectivity index (χ2v) is 4.52. The molecule has 86 valence electrons. The smallest absolute Gasteiger partial charge is 0.130 e. The molecule has 2 aliphatic rings. The van der Waals surface area contributed by atoms with Crippen LogP contribution in [0.4, 0.5) is 0 Å². The van der Waals surface area contributed by atoms with Gasteiger partial charge in [0.1, 0.15) is 6.10 Å². The molecule has 0 bridgehead atoms. The SMILES string of the molecule is CN1CCC(=NOC2CCNCC2)CC1. The van der Waals surface area contributed by atoms with Crippen LogP contribution in [0.25, 0.3) is 0 Å². The lowest BCUT2D eigenvalue weighted by molar-refractivity contribution is 0.0363. The molecule has 0 aromatic rings. The number of piperidine rings is 2. The molecule has 2 rings (SSSR count). The van der Waals surface area contributed by atoms with Gasteiger partial charge in [0.2, 0.25) is 0 Å². The van der Waals surface area contributed by atoms with Crippen LogP contribution in [0.2, 0.25) is 0 Å². The predicted molar refractivity (Wildman–Crippen MR) is 61.1 cm³/mol. The first-order valence-corrected chi connectivity index (χ1v) is 5.95. The van der Waals surface area contributed by atoms with Gasteiger partial charge in [-0.2, -0.15) is 0 Å². The molecular weight excluding hydrogens is 190 g/mol.